The van der Waals surface area contributed by atoms with E-state index in [1.807, 2.05) is 0 Å². The normalized spacial score (nSPS) is 16.0. The van der Waals surface area contributed by atoms with Crippen molar-refractivity contribution in [2.45, 2.75) is 59.3 Å². The third kappa shape index (κ3) is 4.76. The van der Waals surface area contributed by atoms with E-state index >= 15 is 0 Å². The predicted octanol–water partition coefficient (Wildman–Crippen LogP) is 3.33. The maximum Gasteiger partial charge on any atom is -0.00232 e. The van der Waals surface area contributed by atoms with Crippen LogP contribution < -0.4 is 5.73 Å². The molecule has 1 unspecified atom stereocenters. The lowest BCUT2D eigenvalue weighted by molar-refractivity contribution is 0.270. The van der Waals surface area contributed by atoms with Crippen LogP contribution >= 0.6 is 0 Å². The number of rotatable bonds is 7. The standard InChI is InChI=1S/C11H25N/c1-4-6-7-9-11(3,10-12)8-5-2/h4-10,12H2,1-3H3. The first-order chi connectivity index (χ1) is 5.68. The highest BCUT2D eigenvalue weighted by Crippen LogP contribution is 2.28. The van der Waals surface area contributed by atoms with Crippen LogP contribution in [0.4, 0.5) is 0 Å². The molecule has 0 aromatic heterocycles. The zero-order chi connectivity index (χ0) is 9.45. The Kier molecular flexibility index (Phi) is 6.45. The highest BCUT2D eigenvalue weighted by molar-refractivity contribution is 4.74. The van der Waals surface area contributed by atoms with E-state index in [-0.39, 0.29) is 0 Å². The second-order valence-corrected chi connectivity index (χ2v) is 4.22. The van der Waals surface area contributed by atoms with E-state index in [1.165, 1.54) is 38.5 Å². The Hall–Kier alpha value is -0.0400. The molecule has 0 spiro atoms. The summed E-state index contributed by atoms with van der Waals surface area (Å²) in [5.41, 5.74) is 6.20. The highest BCUT2D eigenvalue weighted by Gasteiger charge is 2.19. The van der Waals surface area contributed by atoms with E-state index < -0.39 is 0 Å². The fraction of sp³-hybridized carbons (Fsp3) is 1.00. The summed E-state index contributed by atoms with van der Waals surface area (Å²) in [6, 6.07) is 0. The Balaban J connectivity index is 3.63. The molecule has 12 heavy (non-hydrogen) atoms. The fourth-order valence-corrected chi connectivity index (χ4v) is 1.73. The van der Waals surface area contributed by atoms with Crippen molar-refractivity contribution in [1.82, 2.24) is 0 Å². The first kappa shape index (κ1) is 12.0. The number of unbranched alkanes of at least 4 members (excludes halogenated alkanes) is 2. The largest absolute Gasteiger partial charge is 0.330 e. The average molecular weight is 171 g/mol. The molecule has 1 atom stereocenters. The van der Waals surface area contributed by atoms with Crippen molar-refractivity contribution in [3.8, 4) is 0 Å². The summed E-state index contributed by atoms with van der Waals surface area (Å²) in [6.07, 6.45) is 7.88. The third-order valence-corrected chi connectivity index (χ3v) is 2.73. The quantitative estimate of drug-likeness (QED) is 0.584. The minimum absolute atomic E-state index is 0.421. The minimum atomic E-state index is 0.421. The molecular formula is C11H25N. The molecule has 0 bridgehead atoms. The minimum Gasteiger partial charge on any atom is -0.330 e. The predicted molar refractivity (Wildman–Crippen MR) is 56.2 cm³/mol. The monoisotopic (exact) mass is 171 g/mol. The highest BCUT2D eigenvalue weighted by atomic mass is 14.6. The van der Waals surface area contributed by atoms with Crippen LogP contribution in [0.5, 0.6) is 0 Å². The third-order valence-electron chi connectivity index (χ3n) is 2.73. The van der Waals surface area contributed by atoms with Crippen LogP contribution in [0.15, 0.2) is 0 Å². The van der Waals surface area contributed by atoms with E-state index in [9.17, 15) is 0 Å². The summed E-state index contributed by atoms with van der Waals surface area (Å²) < 4.78 is 0. The van der Waals surface area contributed by atoms with Crippen molar-refractivity contribution in [3.63, 3.8) is 0 Å². The molecule has 0 saturated carbocycles. The van der Waals surface area contributed by atoms with Crippen molar-refractivity contribution in [3.05, 3.63) is 0 Å². The van der Waals surface area contributed by atoms with Crippen molar-refractivity contribution < 1.29 is 0 Å². The summed E-state index contributed by atoms with van der Waals surface area (Å²) in [7, 11) is 0. The Bertz CT molecular complexity index is 101. The molecular weight excluding hydrogens is 146 g/mol. The van der Waals surface area contributed by atoms with Gasteiger partial charge in [0.15, 0.2) is 0 Å². The van der Waals surface area contributed by atoms with Gasteiger partial charge in [-0.1, -0.05) is 46.5 Å². The molecule has 0 amide bonds. The van der Waals surface area contributed by atoms with E-state index in [2.05, 4.69) is 20.8 Å². The van der Waals surface area contributed by atoms with Crippen LogP contribution in [-0.2, 0) is 0 Å². The molecule has 0 aromatic rings. The molecule has 74 valence electrons. The van der Waals surface area contributed by atoms with Crippen LogP contribution in [0.25, 0.3) is 0 Å². The smallest absolute Gasteiger partial charge is 0.00232 e. The van der Waals surface area contributed by atoms with E-state index in [0.717, 1.165) is 6.54 Å². The van der Waals surface area contributed by atoms with Crippen LogP contribution in [0.2, 0.25) is 0 Å². The Labute approximate surface area is 77.7 Å². The Morgan fingerprint density at radius 1 is 1.00 bits per heavy atom. The average Bonchev–Trinajstić information content (AvgIpc) is 2.06. The lowest BCUT2D eigenvalue weighted by atomic mass is 9.81. The molecule has 0 heterocycles. The van der Waals surface area contributed by atoms with Gasteiger partial charge < -0.3 is 5.73 Å². The second-order valence-electron chi connectivity index (χ2n) is 4.22. The number of nitrogens with two attached hydrogens (primary N) is 1. The Morgan fingerprint density at radius 3 is 2.08 bits per heavy atom. The van der Waals surface area contributed by atoms with Crippen molar-refractivity contribution in [1.29, 1.82) is 0 Å². The first-order valence-electron chi connectivity index (χ1n) is 5.38. The van der Waals surface area contributed by atoms with Crippen LogP contribution in [0.3, 0.4) is 0 Å². The molecule has 0 radical (unpaired) electrons. The zero-order valence-electron chi connectivity index (χ0n) is 9.03. The molecule has 1 heteroatoms. The van der Waals surface area contributed by atoms with Crippen molar-refractivity contribution in [2.75, 3.05) is 6.54 Å². The van der Waals surface area contributed by atoms with Crippen molar-refractivity contribution in [2.24, 2.45) is 11.1 Å². The summed E-state index contributed by atoms with van der Waals surface area (Å²) in [5, 5.41) is 0. The van der Waals surface area contributed by atoms with Crippen LogP contribution in [0, 0.1) is 5.41 Å². The molecule has 0 aliphatic carbocycles. The molecule has 2 N–H and O–H groups in total. The number of hydrogen-bond acceptors (Lipinski definition) is 1. The van der Waals surface area contributed by atoms with Gasteiger partial charge in [0.25, 0.3) is 0 Å². The molecule has 0 fully saturated rings. The van der Waals surface area contributed by atoms with Gasteiger partial charge in [-0.25, -0.2) is 0 Å². The van der Waals surface area contributed by atoms with Crippen molar-refractivity contribution >= 4 is 0 Å². The first-order valence-corrected chi connectivity index (χ1v) is 5.38. The summed E-state index contributed by atoms with van der Waals surface area (Å²) in [4.78, 5) is 0. The van der Waals surface area contributed by atoms with E-state index in [1.54, 1.807) is 0 Å². The lowest BCUT2D eigenvalue weighted by Crippen LogP contribution is -2.26. The van der Waals surface area contributed by atoms with Crippen LogP contribution in [0.1, 0.15) is 59.3 Å². The maximum absolute atomic E-state index is 5.78. The Morgan fingerprint density at radius 2 is 1.67 bits per heavy atom. The summed E-state index contributed by atoms with van der Waals surface area (Å²) in [5.74, 6) is 0. The van der Waals surface area contributed by atoms with Gasteiger partial charge in [0, 0.05) is 0 Å². The van der Waals surface area contributed by atoms with Gasteiger partial charge in [0.05, 0.1) is 0 Å². The summed E-state index contributed by atoms with van der Waals surface area (Å²) in [6.45, 7) is 7.67. The molecule has 0 rings (SSSR count). The van der Waals surface area contributed by atoms with Gasteiger partial charge in [0.2, 0.25) is 0 Å². The zero-order valence-corrected chi connectivity index (χ0v) is 9.03. The molecule has 0 saturated heterocycles. The lowest BCUT2D eigenvalue weighted by Gasteiger charge is -2.27. The van der Waals surface area contributed by atoms with E-state index in [0.29, 0.717) is 5.41 Å². The fourth-order valence-electron chi connectivity index (χ4n) is 1.73. The SMILES string of the molecule is CCCCCC(C)(CN)CCC. The van der Waals surface area contributed by atoms with Gasteiger partial charge in [-0.05, 0) is 24.8 Å². The maximum atomic E-state index is 5.78. The van der Waals surface area contributed by atoms with Crippen LogP contribution in [-0.4, -0.2) is 6.54 Å². The van der Waals surface area contributed by atoms with E-state index in [4.69, 9.17) is 5.73 Å². The van der Waals surface area contributed by atoms with Gasteiger partial charge in [-0.2, -0.15) is 0 Å². The summed E-state index contributed by atoms with van der Waals surface area (Å²) >= 11 is 0. The molecule has 0 aromatic carbocycles. The molecule has 0 aliphatic rings. The van der Waals surface area contributed by atoms with Gasteiger partial charge in [-0.3, -0.25) is 0 Å². The topological polar surface area (TPSA) is 26.0 Å². The van der Waals surface area contributed by atoms with Gasteiger partial charge in [0.1, 0.15) is 0 Å². The number of hydrogen-bond donors (Lipinski definition) is 1. The van der Waals surface area contributed by atoms with Gasteiger partial charge >= 0.3 is 0 Å². The van der Waals surface area contributed by atoms with Gasteiger partial charge in [-0.15, -0.1) is 0 Å². The second kappa shape index (κ2) is 6.47. The molecule has 0 aliphatic heterocycles. The molecule has 1 nitrogen and oxygen atoms in total.